The number of fused-ring (bicyclic) bond motifs is 3. The SMILES string of the molecule is Oc1ccc2c(c1)CCN1CCCC21c1ccccc1. The molecule has 0 amide bonds. The van der Waals surface area contributed by atoms with E-state index in [1.165, 1.54) is 36.1 Å². The predicted octanol–water partition coefficient (Wildman–Crippen LogP) is 3.29. The number of phenols is 1. The number of rotatable bonds is 1. The Labute approximate surface area is 119 Å². The highest BCUT2D eigenvalue weighted by atomic mass is 16.3. The molecule has 1 unspecified atom stereocenters. The van der Waals surface area contributed by atoms with Gasteiger partial charge in [-0.2, -0.15) is 0 Å². The van der Waals surface area contributed by atoms with Crippen molar-refractivity contribution >= 4 is 0 Å². The number of hydrogen-bond donors (Lipinski definition) is 1. The van der Waals surface area contributed by atoms with Gasteiger partial charge in [0, 0.05) is 6.54 Å². The first-order valence-electron chi connectivity index (χ1n) is 7.44. The molecule has 0 aliphatic carbocycles. The van der Waals surface area contributed by atoms with E-state index in [2.05, 4.69) is 41.3 Å². The Morgan fingerprint density at radius 1 is 1.00 bits per heavy atom. The highest BCUT2D eigenvalue weighted by Crippen LogP contribution is 2.48. The van der Waals surface area contributed by atoms with Crippen molar-refractivity contribution in [3.8, 4) is 5.75 Å². The molecule has 102 valence electrons. The van der Waals surface area contributed by atoms with E-state index in [9.17, 15) is 5.11 Å². The molecule has 20 heavy (non-hydrogen) atoms. The topological polar surface area (TPSA) is 23.5 Å². The molecule has 2 aromatic rings. The van der Waals surface area contributed by atoms with Crippen LogP contribution in [0.3, 0.4) is 0 Å². The smallest absolute Gasteiger partial charge is 0.115 e. The minimum atomic E-state index is 0.0303. The van der Waals surface area contributed by atoms with Crippen molar-refractivity contribution in [1.29, 1.82) is 0 Å². The molecule has 2 aliphatic heterocycles. The second kappa shape index (κ2) is 4.35. The summed E-state index contributed by atoms with van der Waals surface area (Å²) in [5.74, 6) is 0.387. The van der Waals surface area contributed by atoms with Gasteiger partial charge in [-0.15, -0.1) is 0 Å². The molecule has 1 atom stereocenters. The molecule has 2 nitrogen and oxygen atoms in total. The molecule has 2 heteroatoms. The molecule has 1 N–H and O–H groups in total. The molecule has 0 spiro atoms. The van der Waals surface area contributed by atoms with Crippen LogP contribution in [0.1, 0.15) is 29.5 Å². The van der Waals surface area contributed by atoms with Crippen molar-refractivity contribution in [3.63, 3.8) is 0 Å². The first-order chi connectivity index (χ1) is 9.80. The molecule has 0 bridgehead atoms. The lowest BCUT2D eigenvalue weighted by Crippen LogP contribution is -2.47. The van der Waals surface area contributed by atoms with Crippen LogP contribution in [-0.4, -0.2) is 23.1 Å². The van der Waals surface area contributed by atoms with Crippen LogP contribution in [0.2, 0.25) is 0 Å². The number of benzene rings is 2. The lowest BCUT2D eigenvalue weighted by molar-refractivity contribution is 0.164. The van der Waals surface area contributed by atoms with E-state index < -0.39 is 0 Å². The minimum absolute atomic E-state index is 0.0303. The summed E-state index contributed by atoms with van der Waals surface area (Å²) >= 11 is 0. The highest BCUT2D eigenvalue weighted by Gasteiger charge is 2.46. The van der Waals surface area contributed by atoms with Gasteiger partial charge in [0.1, 0.15) is 5.75 Å². The summed E-state index contributed by atoms with van der Waals surface area (Å²) in [5, 5.41) is 9.77. The van der Waals surface area contributed by atoms with Crippen LogP contribution in [0.25, 0.3) is 0 Å². The molecule has 2 aliphatic rings. The minimum Gasteiger partial charge on any atom is -0.508 e. The maximum Gasteiger partial charge on any atom is 0.115 e. The number of nitrogens with zero attached hydrogens (tertiary/aromatic N) is 1. The van der Waals surface area contributed by atoms with Gasteiger partial charge >= 0.3 is 0 Å². The largest absolute Gasteiger partial charge is 0.508 e. The fraction of sp³-hybridized carbons (Fsp3) is 0.333. The second-order valence-corrected chi connectivity index (χ2v) is 5.91. The summed E-state index contributed by atoms with van der Waals surface area (Å²) < 4.78 is 0. The summed E-state index contributed by atoms with van der Waals surface area (Å²) in [4.78, 5) is 2.63. The first-order valence-corrected chi connectivity index (χ1v) is 7.44. The van der Waals surface area contributed by atoms with Crippen molar-refractivity contribution in [2.24, 2.45) is 0 Å². The Kier molecular flexibility index (Phi) is 2.61. The van der Waals surface area contributed by atoms with Crippen LogP contribution in [0, 0.1) is 0 Å². The van der Waals surface area contributed by atoms with E-state index in [0.29, 0.717) is 5.75 Å². The van der Waals surface area contributed by atoms with Crippen molar-refractivity contribution in [1.82, 2.24) is 4.90 Å². The van der Waals surface area contributed by atoms with E-state index in [0.717, 1.165) is 13.0 Å². The number of hydrogen-bond acceptors (Lipinski definition) is 2. The fourth-order valence-electron chi connectivity index (χ4n) is 4.12. The van der Waals surface area contributed by atoms with Gasteiger partial charge in [-0.05, 0) is 54.6 Å². The zero-order chi connectivity index (χ0) is 13.6. The molecule has 0 saturated carbocycles. The van der Waals surface area contributed by atoms with Gasteiger partial charge in [0.2, 0.25) is 0 Å². The predicted molar refractivity (Wildman–Crippen MR) is 79.8 cm³/mol. The maximum absolute atomic E-state index is 9.77. The zero-order valence-electron chi connectivity index (χ0n) is 11.5. The van der Waals surface area contributed by atoms with Gasteiger partial charge in [0.25, 0.3) is 0 Å². The normalized spacial score (nSPS) is 25.2. The molecular weight excluding hydrogens is 246 g/mol. The van der Waals surface area contributed by atoms with Crippen LogP contribution in [0.15, 0.2) is 48.5 Å². The quantitative estimate of drug-likeness (QED) is 0.855. The Balaban J connectivity index is 1.96. The number of aromatic hydroxyl groups is 1. The monoisotopic (exact) mass is 265 g/mol. The van der Waals surface area contributed by atoms with Gasteiger partial charge < -0.3 is 5.11 Å². The maximum atomic E-state index is 9.77. The van der Waals surface area contributed by atoms with Crippen LogP contribution in [0.5, 0.6) is 5.75 Å². The third kappa shape index (κ3) is 1.55. The molecule has 2 aromatic carbocycles. The standard InChI is InChI=1S/C18H19NO/c20-16-7-8-17-14(13-16)9-12-19-11-4-10-18(17,19)15-5-2-1-3-6-15/h1-3,5-8,13,20H,4,9-12H2. The van der Waals surface area contributed by atoms with Crippen LogP contribution >= 0.6 is 0 Å². The molecule has 1 fully saturated rings. The molecule has 0 radical (unpaired) electrons. The summed E-state index contributed by atoms with van der Waals surface area (Å²) in [6, 6.07) is 16.8. The Bertz CT molecular complexity index is 637. The van der Waals surface area contributed by atoms with E-state index >= 15 is 0 Å². The molecule has 1 saturated heterocycles. The van der Waals surface area contributed by atoms with E-state index in [1.54, 1.807) is 0 Å². The summed E-state index contributed by atoms with van der Waals surface area (Å²) in [7, 11) is 0. The molecule has 2 heterocycles. The highest BCUT2D eigenvalue weighted by molar-refractivity contribution is 5.48. The van der Waals surface area contributed by atoms with Crippen LogP contribution in [0.4, 0.5) is 0 Å². The average Bonchev–Trinajstić information content (AvgIpc) is 2.93. The van der Waals surface area contributed by atoms with Crippen molar-refractivity contribution < 1.29 is 5.11 Å². The van der Waals surface area contributed by atoms with Gasteiger partial charge in [0.05, 0.1) is 5.54 Å². The van der Waals surface area contributed by atoms with Gasteiger partial charge in [-0.1, -0.05) is 36.4 Å². The van der Waals surface area contributed by atoms with Crippen molar-refractivity contribution in [3.05, 3.63) is 65.2 Å². The third-order valence-corrected chi connectivity index (χ3v) is 4.94. The van der Waals surface area contributed by atoms with Gasteiger partial charge in [-0.3, -0.25) is 4.90 Å². The zero-order valence-corrected chi connectivity index (χ0v) is 11.5. The van der Waals surface area contributed by atoms with Gasteiger partial charge in [0.15, 0.2) is 0 Å². The van der Waals surface area contributed by atoms with Crippen molar-refractivity contribution in [2.75, 3.05) is 13.1 Å². The summed E-state index contributed by atoms with van der Waals surface area (Å²) in [6.45, 7) is 2.26. The Morgan fingerprint density at radius 3 is 2.70 bits per heavy atom. The summed E-state index contributed by atoms with van der Waals surface area (Å²) in [5.41, 5.74) is 4.13. The lowest BCUT2D eigenvalue weighted by atomic mass is 9.75. The average molecular weight is 265 g/mol. The van der Waals surface area contributed by atoms with E-state index in [1.807, 2.05) is 12.1 Å². The lowest BCUT2D eigenvalue weighted by Gasteiger charge is -2.44. The van der Waals surface area contributed by atoms with Crippen LogP contribution in [-0.2, 0) is 12.0 Å². The van der Waals surface area contributed by atoms with E-state index in [4.69, 9.17) is 0 Å². The van der Waals surface area contributed by atoms with Crippen LogP contribution < -0.4 is 0 Å². The van der Waals surface area contributed by atoms with Crippen molar-refractivity contribution in [2.45, 2.75) is 24.8 Å². The first kappa shape index (κ1) is 12.0. The van der Waals surface area contributed by atoms with Gasteiger partial charge in [-0.25, -0.2) is 0 Å². The second-order valence-electron chi connectivity index (χ2n) is 5.91. The third-order valence-electron chi connectivity index (χ3n) is 4.94. The van der Waals surface area contributed by atoms with E-state index in [-0.39, 0.29) is 5.54 Å². The Hall–Kier alpha value is -1.80. The Morgan fingerprint density at radius 2 is 1.85 bits per heavy atom. The summed E-state index contributed by atoms with van der Waals surface area (Å²) in [6.07, 6.45) is 3.46. The molecule has 0 aromatic heterocycles. The molecular formula is C18H19NO. The number of phenolic OH excluding ortho intramolecular Hbond substituents is 1. The molecule has 4 rings (SSSR count). The fourth-order valence-corrected chi connectivity index (χ4v) is 4.12.